The Kier molecular flexibility index (Phi) is 6.98. The first kappa shape index (κ1) is 21.7. The van der Waals surface area contributed by atoms with Crippen molar-refractivity contribution in [2.75, 3.05) is 27.3 Å². The Morgan fingerprint density at radius 3 is 2.60 bits per heavy atom. The number of likely N-dealkylation sites (tertiary alicyclic amines) is 1. The van der Waals surface area contributed by atoms with Crippen LogP contribution in [0.2, 0.25) is 0 Å². The van der Waals surface area contributed by atoms with Crippen LogP contribution in [0, 0.1) is 12.8 Å². The monoisotopic (exact) mass is 410 g/mol. The summed E-state index contributed by atoms with van der Waals surface area (Å²) in [6.07, 6.45) is 0.957. The third kappa shape index (κ3) is 4.93. The predicted octanol–water partition coefficient (Wildman–Crippen LogP) is 3.28. The van der Waals surface area contributed by atoms with E-state index in [1.165, 1.54) is 0 Å². The van der Waals surface area contributed by atoms with Crippen molar-refractivity contribution >= 4 is 11.8 Å². The molecule has 2 atom stereocenters. The molecule has 1 N–H and O–H groups in total. The molecule has 3 rings (SSSR count). The van der Waals surface area contributed by atoms with Gasteiger partial charge in [0.1, 0.15) is 0 Å². The largest absolute Gasteiger partial charge is 0.493 e. The molecule has 1 aliphatic rings. The summed E-state index contributed by atoms with van der Waals surface area (Å²) < 4.78 is 10.6. The van der Waals surface area contributed by atoms with Gasteiger partial charge in [-0.15, -0.1) is 0 Å². The van der Waals surface area contributed by atoms with Gasteiger partial charge in [0.05, 0.1) is 26.2 Å². The summed E-state index contributed by atoms with van der Waals surface area (Å²) in [6.45, 7) is 5.04. The summed E-state index contributed by atoms with van der Waals surface area (Å²) in [5.74, 6) is 1.00. The van der Waals surface area contributed by atoms with E-state index >= 15 is 0 Å². The quantitative estimate of drug-likeness (QED) is 0.725. The van der Waals surface area contributed by atoms with Crippen molar-refractivity contribution in [1.82, 2.24) is 10.2 Å². The summed E-state index contributed by atoms with van der Waals surface area (Å²) in [4.78, 5) is 27.0. The SMILES string of the molecule is COc1ccc(CCN2CC(C(=O)NC(C)c3ccccc3C)CC2=O)cc1OC. The molecular weight excluding hydrogens is 380 g/mol. The first-order valence-electron chi connectivity index (χ1n) is 10.3. The fourth-order valence-electron chi connectivity index (χ4n) is 3.95. The van der Waals surface area contributed by atoms with Crippen LogP contribution in [0.5, 0.6) is 11.5 Å². The van der Waals surface area contributed by atoms with Gasteiger partial charge in [-0.2, -0.15) is 0 Å². The number of nitrogens with zero attached hydrogens (tertiary/aromatic N) is 1. The topological polar surface area (TPSA) is 67.9 Å². The van der Waals surface area contributed by atoms with E-state index < -0.39 is 0 Å². The van der Waals surface area contributed by atoms with Gasteiger partial charge in [0.15, 0.2) is 11.5 Å². The van der Waals surface area contributed by atoms with Crippen LogP contribution in [0.4, 0.5) is 0 Å². The molecule has 0 aliphatic carbocycles. The molecule has 0 radical (unpaired) electrons. The van der Waals surface area contributed by atoms with E-state index in [0.717, 1.165) is 16.7 Å². The van der Waals surface area contributed by atoms with Crippen LogP contribution < -0.4 is 14.8 Å². The van der Waals surface area contributed by atoms with Crippen molar-refractivity contribution in [3.63, 3.8) is 0 Å². The van der Waals surface area contributed by atoms with Crippen LogP contribution in [0.25, 0.3) is 0 Å². The zero-order valence-corrected chi connectivity index (χ0v) is 18.1. The minimum absolute atomic E-state index is 0.0270. The molecule has 0 bridgehead atoms. The van der Waals surface area contributed by atoms with Gasteiger partial charge in [0.2, 0.25) is 11.8 Å². The average Bonchev–Trinajstić information content (AvgIpc) is 3.12. The number of hydrogen-bond acceptors (Lipinski definition) is 4. The second-order valence-corrected chi connectivity index (χ2v) is 7.77. The first-order chi connectivity index (χ1) is 14.4. The standard InChI is InChI=1S/C24H30N2O4/c1-16-7-5-6-8-20(16)17(2)25-24(28)19-14-23(27)26(15-19)12-11-18-9-10-21(29-3)22(13-18)30-4/h5-10,13,17,19H,11-12,14-15H2,1-4H3,(H,25,28). The van der Waals surface area contributed by atoms with Crippen molar-refractivity contribution < 1.29 is 19.1 Å². The van der Waals surface area contributed by atoms with Crippen molar-refractivity contribution in [3.8, 4) is 11.5 Å². The van der Waals surface area contributed by atoms with Gasteiger partial charge in [-0.25, -0.2) is 0 Å². The van der Waals surface area contributed by atoms with Crippen molar-refractivity contribution in [2.45, 2.75) is 32.7 Å². The van der Waals surface area contributed by atoms with Gasteiger partial charge in [0, 0.05) is 19.5 Å². The Balaban J connectivity index is 1.56. The van der Waals surface area contributed by atoms with Gasteiger partial charge >= 0.3 is 0 Å². The molecule has 2 amide bonds. The predicted molar refractivity (Wildman–Crippen MR) is 116 cm³/mol. The fraction of sp³-hybridized carbons (Fsp3) is 0.417. The lowest BCUT2D eigenvalue weighted by molar-refractivity contribution is -0.129. The zero-order valence-electron chi connectivity index (χ0n) is 18.1. The second-order valence-electron chi connectivity index (χ2n) is 7.77. The highest BCUT2D eigenvalue weighted by molar-refractivity contribution is 5.89. The minimum Gasteiger partial charge on any atom is -0.493 e. The molecule has 0 spiro atoms. The highest BCUT2D eigenvalue weighted by atomic mass is 16.5. The molecule has 1 saturated heterocycles. The summed E-state index contributed by atoms with van der Waals surface area (Å²) in [6, 6.07) is 13.7. The van der Waals surface area contributed by atoms with Gasteiger partial charge in [-0.3, -0.25) is 9.59 Å². The van der Waals surface area contributed by atoms with E-state index in [1.807, 2.05) is 56.3 Å². The lowest BCUT2D eigenvalue weighted by atomic mass is 10.0. The molecule has 2 unspecified atom stereocenters. The molecule has 2 aromatic carbocycles. The lowest BCUT2D eigenvalue weighted by Gasteiger charge is -2.20. The Labute approximate surface area is 178 Å². The molecule has 1 heterocycles. The highest BCUT2D eigenvalue weighted by Gasteiger charge is 2.34. The van der Waals surface area contributed by atoms with Crippen molar-refractivity contribution in [2.24, 2.45) is 5.92 Å². The smallest absolute Gasteiger partial charge is 0.225 e. The van der Waals surface area contributed by atoms with E-state index in [1.54, 1.807) is 19.1 Å². The van der Waals surface area contributed by atoms with Gasteiger partial charge in [0.25, 0.3) is 0 Å². The number of carbonyl (C=O) groups excluding carboxylic acids is 2. The number of benzene rings is 2. The molecule has 0 saturated carbocycles. The number of methoxy groups -OCH3 is 2. The summed E-state index contributed by atoms with van der Waals surface area (Å²) in [7, 11) is 3.21. The van der Waals surface area contributed by atoms with E-state index in [2.05, 4.69) is 5.32 Å². The summed E-state index contributed by atoms with van der Waals surface area (Å²) in [5.41, 5.74) is 3.30. The van der Waals surface area contributed by atoms with Crippen LogP contribution in [0.3, 0.4) is 0 Å². The van der Waals surface area contributed by atoms with E-state index in [4.69, 9.17) is 9.47 Å². The number of nitrogens with one attached hydrogen (secondary N) is 1. The lowest BCUT2D eigenvalue weighted by Crippen LogP contribution is -2.35. The second kappa shape index (κ2) is 9.65. The Hall–Kier alpha value is -3.02. The highest BCUT2D eigenvalue weighted by Crippen LogP contribution is 2.28. The van der Waals surface area contributed by atoms with Crippen LogP contribution >= 0.6 is 0 Å². The van der Waals surface area contributed by atoms with Gasteiger partial charge < -0.3 is 19.7 Å². The van der Waals surface area contributed by atoms with Crippen LogP contribution in [-0.2, 0) is 16.0 Å². The maximum absolute atomic E-state index is 12.7. The molecule has 1 fully saturated rings. The summed E-state index contributed by atoms with van der Waals surface area (Å²) in [5, 5.41) is 3.07. The number of aryl methyl sites for hydroxylation is 1. The number of ether oxygens (including phenoxy) is 2. The minimum atomic E-state index is -0.311. The third-order valence-electron chi connectivity index (χ3n) is 5.72. The van der Waals surface area contributed by atoms with E-state index in [9.17, 15) is 9.59 Å². The average molecular weight is 411 g/mol. The Bertz CT molecular complexity index is 912. The number of hydrogen-bond donors (Lipinski definition) is 1. The van der Waals surface area contributed by atoms with Crippen LogP contribution in [0.15, 0.2) is 42.5 Å². The van der Waals surface area contributed by atoms with Gasteiger partial charge in [-0.05, 0) is 49.1 Å². The number of amides is 2. The zero-order chi connectivity index (χ0) is 21.7. The first-order valence-corrected chi connectivity index (χ1v) is 10.3. The van der Waals surface area contributed by atoms with E-state index in [0.29, 0.717) is 31.0 Å². The molecule has 6 heteroatoms. The maximum Gasteiger partial charge on any atom is 0.225 e. The molecular formula is C24H30N2O4. The van der Waals surface area contributed by atoms with Crippen molar-refractivity contribution in [1.29, 1.82) is 0 Å². The molecule has 2 aromatic rings. The van der Waals surface area contributed by atoms with Crippen LogP contribution in [0.1, 0.15) is 36.1 Å². The Morgan fingerprint density at radius 2 is 1.90 bits per heavy atom. The number of carbonyl (C=O) groups is 2. The summed E-state index contributed by atoms with van der Waals surface area (Å²) >= 11 is 0. The molecule has 30 heavy (non-hydrogen) atoms. The number of rotatable bonds is 8. The fourth-order valence-corrected chi connectivity index (χ4v) is 3.95. The normalized spacial score (nSPS) is 17.0. The molecule has 160 valence electrons. The van der Waals surface area contributed by atoms with Crippen LogP contribution in [-0.4, -0.2) is 44.0 Å². The molecule has 1 aliphatic heterocycles. The van der Waals surface area contributed by atoms with Crippen molar-refractivity contribution in [3.05, 3.63) is 59.2 Å². The molecule has 6 nitrogen and oxygen atoms in total. The Morgan fingerprint density at radius 1 is 1.17 bits per heavy atom. The maximum atomic E-state index is 12.7. The molecule has 0 aromatic heterocycles. The van der Waals surface area contributed by atoms with Gasteiger partial charge in [-0.1, -0.05) is 30.3 Å². The third-order valence-corrected chi connectivity index (χ3v) is 5.72. The van der Waals surface area contributed by atoms with E-state index in [-0.39, 0.29) is 30.2 Å².